The molecular weight excluding hydrogens is 346 g/mol. The van der Waals surface area contributed by atoms with E-state index in [0.717, 1.165) is 29.4 Å². The van der Waals surface area contributed by atoms with Crippen molar-refractivity contribution in [1.82, 2.24) is 5.32 Å². The minimum atomic E-state index is -1.82. The first kappa shape index (κ1) is 20.8. The number of aliphatic carboxylic acids is 2. The van der Waals surface area contributed by atoms with Crippen LogP contribution in [-0.4, -0.2) is 46.1 Å². The molecule has 0 fully saturated rings. The zero-order valence-corrected chi connectivity index (χ0v) is 14.3. The van der Waals surface area contributed by atoms with Crippen molar-refractivity contribution in [1.29, 1.82) is 0 Å². The number of carboxylic acid groups (broad SMARTS) is 2. The Labute approximate surface area is 149 Å². The summed E-state index contributed by atoms with van der Waals surface area (Å²) in [5, 5.41) is 28.0. The van der Waals surface area contributed by atoms with Crippen LogP contribution in [-0.2, 0) is 15.3 Å². The highest BCUT2D eigenvalue weighted by Crippen LogP contribution is 2.12. The third kappa shape index (κ3) is 9.55. The second-order valence-electron chi connectivity index (χ2n) is 4.87. The molecule has 1 heterocycles. The highest BCUT2D eigenvalue weighted by Gasteiger charge is 2.05. The fourth-order valence-corrected chi connectivity index (χ4v) is 2.54. The molecule has 1 aromatic heterocycles. The van der Waals surface area contributed by atoms with E-state index in [1.807, 2.05) is 54.2 Å². The van der Waals surface area contributed by atoms with Gasteiger partial charge in [-0.1, -0.05) is 30.3 Å². The first-order valence-corrected chi connectivity index (χ1v) is 8.66. The Morgan fingerprint density at radius 3 is 2.32 bits per heavy atom. The predicted octanol–water partition coefficient (Wildman–Crippen LogP) is 1.99. The Hall–Kier alpha value is -2.29. The quantitative estimate of drug-likeness (QED) is 0.413. The van der Waals surface area contributed by atoms with E-state index < -0.39 is 18.0 Å². The minimum Gasteiger partial charge on any atom is -0.473 e. The van der Waals surface area contributed by atoms with Crippen molar-refractivity contribution in [3.05, 3.63) is 60.1 Å². The van der Waals surface area contributed by atoms with Crippen molar-refractivity contribution in [2.24, 2.45) is 0 Å². The second kappa shape index (κ2) is 12.1. The van der Waals surface area contributed by atoms with Crippen molar-refractivity contribution in [3.8, 4) is 0 Å². The van der Waals surface area contributed by atoms with Crippen molar-refractivity contribution >= 4 is 23.7 Å². The van der Waals surface area contributed by atoms with E-state index in [9.17, 15) is 5.11 Å². The van der Waals surface area contributed by atoms with Gasteiger partial charge in [0, 0.05) is 18.8 Å². The molecule has 0 aliphatic heterocycles. The maximum Gasteiger partial charge on any atom is 0.414 e. The molecule has 0 aliphatic rings. The number of hydrogen-bond acceptors (Lipinski definition) is 6. The number of rotatable bonds is 8. The molecule has 0 amide bonds. The molecule has 7 nitrogen and oxygen atoms in total. The zero-order chi connectivity index (χ0) is 18.5. The monoisotopic (exact) mass is 367 g/mol. The number of aliphatic hydroxyl groups excluding tert-OH is 1. The van der Waals surface area contributed by atoms with Gasteiger partial charge in [0.25, 0.3) is 0 Å². The molecule has 0 saturated carbocycles. The molecule has 136 valence electrons. The van der Waals surface area contributed by atoms with Crippen molar-refractivity contribution in [3.63, 3.8) is 0 Å². The normalized spacial score (nSPS) is 11.2. The van der Waals surface area contributed by atoms with Crippen molar-refractivity contribution < 1.29 is 29.3 Å². The molecule has 1 atom stereocenters. The molecule has 2 rings (SSSR count). The lowest BCUT2D eigenvalue weighted by Gasteiger charge is -2.11. The van der Waals surface area contributed by atoms with Gasteiger partial charge in [-0.15, -0.1) is 0 Å². The van der Waals surface area contributed by atoms with Crippen LogP contribution in [0.5, 0.6) is 0 Å². The van der Waals surface area contributed by atoms with E-state index in [-0.39, 0.29) is 0 Å². The Morgan fingerprint density at radius 1 is 1.08 bits per heavy atom. The predicted molar refractivity (Wildman–Crippen MR) is 94.4 cm³/mol. The van der Waals surface area contributed by atoms with Crippen LogP contribution in [0.15, 0.2) is 53.1 Å². The van der Waals surface area contributed by atoms with Crippen LogP contribution < -0.4 is 5.32 Å². The summed E-state index contributed by atoms with van der Waals surface area (Å²) in [5.41, 5.74) is 0.957. The molecule has 0 spiro atoms. The number of carboxylic acids is 2. The molecule has 2 aromatic rings. The summed E-state index contributed by atoms with van der Waals surface area (Å²) in [7, 11) is 0. The van der Waals surface area contributed by atoms with Gasteiger partial charge < -0.3 is 25.1 Å². The van der Waals surface area contributed by atoms with E-state index in [1.165, 1.54) is 0 Å². The number of thioether (sulfide) groups is 1. The third-order valence-corrected chi connectivity index (χ3v) is 3.93. The summed E-state index contributed by atoms with van der Waals surface area (Å²) in [6.07, 6.45) is 1.26. The molecule has 0 radical (unpaired) electrons. The average Bonchev–Trinajstić information content (AvgIpc) is 3.12. The Morgan fingerprint density at radius 2 is 1.76 bits per heavy atom. The molecule has 25 heavy (non-hydrogen) atoms. The summed E-state index contributed by atoms with van der Waals surface area (Å²) in [6, 6.07) is 13.6. The Bertz CT molecular complexity index is 605. The van der Waals surface area contributed by atoms with Crippen LogP contribution in [0.25, 0.3) is 0 Å². The van der Waals surface area contributed by atoms with Crippen LogP contribution in [0.4, 0.5) is 0 Å². The lowest BCUT2D eigenvalue weighted by atomic mass is 10.1. The molecular formula is C17H21NO6S. The SMILES string of the molecule is O=C(O)C(=O)O.OC(CNCCSCc1ccco1)c1ccccc1. The fourth-order valence-electron chi connectivity index (χ4n) is 1.74. The molecule has 8 heteroatoms. The smallest absolute Gasteiger partial charge is 0.414 e. The largest absolute Gasteiger partial charge is 0.473 e. The Balaban J connectivity index is 0.000000450. The number of benzene rings is 1. The standard InChI is InChI=1S/C15H19NO2S.C2H2O4/c17-15(13-5-2-1-3-6-13)11-16-8-10-19-12-14-7-4-9-18-14;3-1(4)2(5)6/h1-7,9,15-17H,8,10-12H2;(H,3,4)(H,5,6). The molecule has 4 N–H and O–H groups in total. The molecule has 0 aliphatic carbocycles. The van der Waals surface area contributed by atoms with Gasteiger partial charge in [-0.25, -0.2) is 9.59 Å². The number of carbonyl (C=O) groups is 2. The topological polar surface area (TPSA) is 120 Å². The lowest BCUT2D eigenvalue weighted by molar-refractivity contribution is -0.159. The molecule has 1 unspecified atom stereocenters. The average molecular weight is 367 g/mol. The highest BCUT2D eigenvalue weighted by molar-refractivity contribution is 7.98. The van der Waals surface area contributed by atoms with Crippen molar-refractivity contribution in [2.75, 3.05) is 18.8 Å². The number of nitrogens with one attached hydrogen (secondary N) is 1. The van der Waals surface area contributed by atoms with Crippen LogP contribution >= 0.6 is 11.8 Å². The van der Waals surface area contributed by atoms with E-state index in [0.29, 0.717) is 6.54 Å². The third-order valence-electron chi connectivity index (χ3n) is 2.95. The first-order valence-electron chi connectivity index (χ1n) is 7.50. The lowest BCUT2D eigenvalue weighted by Crippen LogP contribution is -2.23. The molecule has 1 aromatic carbocycles. The summed E-state index contributed by atoms with van der Waals surface area (Å²) >= 11 is 1.82. The number of aliphatic hydroxyl groups is 1. The van der Waals surface area contributed by atoms with E-state index in [4.69, 9.17) is 24.2 Å². The number of hydrogen-bond donors (Lipinski definition) is 4. The van der Waals surface area contributed by atoms with Gasteiger partial charge in [0.05, 0.1) is 18.1 Å². The van der Waals surface area contributed by atoms with Gasteiger partial charge in [0.1, 0.15) is 5.76 Å². The fraction of sp³-hybridized carbons (Fsp3) is 0.294. The van der Waals surface area contributed by atoms with Crippen LogP contribution in [0.2, 0.25) is 0 Å². The summed E-state index contributed by atoms with van der Waals surface area (Å²) in [5.74, 6) is -0.739. The van der Waals surface area contributed by atoms with E-state index in [1.54, 1.807) is 6.26 Å². The van der Waals surface area contributed by atoms with Crippen LogP contribution in [0.3, 0.4) is 0 Å². The van der Waals surface area contributed by atoms with Crippen molar-refractivity contribution in [2.45, 2.75) is 11.9 Å². The molecule has 0 saturated heterocycles. The van der Waals surface area contributed by atoms with E-state index >= 15 is 0 Å². The van der Waals surface area contributed by atoms with Gasteiger partial charge >= 0.3 is 11.9 Å². The van der Waals surface area contributed by atoms with Gasteiger partial charge in [0.2, 0.25) is 0 Å². The maximum absolute atomic E-state index is 9.94. The Kier molecular flexibility index (Phi) is 10.1. The van der Waals surface area contributed by atoms with Crippen LogP contribution in [0.1, 0.15) is 17.4 Å². The van der Waals surface area contributed by atoms with Gasteiger partial charge in [0.15, 0.2) is 0 Å². The van der Waals surface area contributed by atoms with Gasteiger partial charge in [-0.05, 0) is 17.7 Å². The highest BCUT2D eigenvalue weighted by atomic mass is 32.2. The van der Waals surface area contributed by atoms with Gasteiger partial charge in [-0.2, -0.15) is 11.8 Å². The second-order valence-corrected chi connectivity index (χ2v) is 5.98. The maximum atomic E-state index is 9.94. The zero-order valence-electron chi connectivity index (χ0n) is 13.5. The first-order chi connectivity index (χ1) is 12.0. The summed E-state index contributed by atoms with van der Waals surface area (Å²) in [4.78, 5) is 18.2. The van der Waals surface area contributed by atoms with Gasteiger partial charge in [-0.3, -0.25) is 0 Å². The molecule has 0 bridgehead atoms. The summed E-state index contributed by atoms with van der Waals surface area (Å²) < 4.78 is 5.25. The summed E-state index contributed by atoms with van der Waals surface area (Å²) in [6.45, 7) is 1.47. The number of furan rings is 1. The van der Waals surface area contributed by atoms with E-state index in [2.05, 4.69) is 5.32 Å². The van der Waals surface area contributed by atoms with Crippen LogP contribution in [0, 0.1) is 0 Å². The minimum absolute atomic E-state index is 0.434.